The van der Waals surface area contributed by atoms with Crippen molar-refractivity contribution in [3.05, 3.63) is 47.3 Å². The van der Waals surface area contributed by atoms with Crippen LogP contribution in [0.2, 0.25) is 0 Å². The SMILES string of the molecule is CCc1nc(CN2CCC3(CCN(Cc4ccccn4)C3=O)C2)c(C)[nH]1. The molecule has 1 atom stereocenters. The molecule has 138 valence electrons. The third-order valence-corrected chi connectivity index (χ3v) is 5.86. The number of likely N-dealkylation sites (tertiary alicyclic amines) is 2. The average Bonchev–Trinajstić information content (AvgIpc) is 3.31. The van der Waals surface area contributed by atoms with Crippen molar-refractivity contribution in [1.29, 1.82) is 0 Å². The van der Waals surface area contributed by atoms with E-state index in [1.54, 1.807) is 6.20 Å². The molecule has 1 N–H and O–H groups in total. The number of carbonyl (C=O) groups excluding carboxylic acids is 1. The minimum atomic E-state index is -0.202. The summed E-state index contributed by atoms with van der Waals surface area (Å²) in [5, 5.41) is 0. The lowest BCUT2D eigenvalue weighted by atomic mass is 9.85. The predicted octanol–water partition coefficient (Wildman–Crippen LogP) is 2.30. The summed E-state index contributed by atoms with van der Waals surface area (Å²) in [7, 11) is 0. The van der Waals surface area contributed by atoms with Gasteiger partial charge in [-0.25, -0.2) is 4.98 Å². The van der Waals surface area contributed by atoms with E-state index in [2.05, 4.69) is 28.7 Å². The molecule has 26 heavy (non-hydrogen) atoms. The van der Waals surface area contributed by atoms with Crippen molar-refractivity contribution in [2.45, 2.75) is 46.2 Å². The van der Waals surface area contributed by atoms with Crippen LogP contribution in [0.15, 0.2) is 24.4 Å². The van der Waals surface area contributed by atoms with Crippen LogP contribution < -0.4 is 0 Å². The van der Waals surface area contributed by atoms with Gasteiger partial charge in [0.1, 0.15) is 5.82 Å². The van der Waals surface area contributed by atoms with Crippen molar-refractivity contribution in [2.75, 3.05) is 19.6 Å². The maximum absolute atomic E-state index is 13.1. The molecule has 0 saturated carbocycles. The van der Waals surface area contributed by atoms with Crippen LogP contribution in [0.4, 0.5) is 0 Å². The first-order valence-electron chi connectivity index (χ1n) is 9.55. The highest BCUT2D eigenvalue weighted by atomic mass is 16.2. The number of aryl methyl sites for hydroxylation is 2. The zero-order chi connectivity index (χ0) is 18.1. The van der Waals surface area contributed by atoms with Crippen LogP contribution in [-0.2, 0) is 24.3 Å². The molecule has 2 aromatic rings. The topological polar surface area (TPSA) is 65.1 Å². The van der Waals surface area contributed by atoms with Gasteiger partial charge < -0.3 is 9.88 Å². The molecule has 0 aromatic carbocycles. The van der Waals surface area contributed by atoms with Gasteiger partial charge in [-0.3, -0.25) is 14.7 Å². The number of pyridine rings is 1. The number of rotatable bonds is 5. The van der Waals surface area contributed by atoms with Crippen LogP contribution in [0.1, 0.15) is 42.7 Å². The number of amides is 1. The molecule has 4 rings (SSSR count). The van der Waals surface area contributed by atoms with E-state index < -0.39 is 0 Å². The van der Waals surface area contributed by atoms with E-state index in [9.17, 15) is 4.79 Å². The zero-order valence-corrected chi connectivity index (χ0v) is 15.7. The average molecular weight is 353 g/mol. The number of aromatic amines is 1. The Morgan fingerprint density at radius 1 is 1.23 bits per heavy atom. The number of hydrogen-bond acceptors (Lipinski definition) is 4. The molecule has 4 heterocycles. The van der Waals surface area contributed by atoms with Gasteiger partial charge in [-0.2, -0.15) is 0 Å². The first-order chi connectivity index (χ1) is 12.6. The Labute approximate surface area is 154 Å². The minimum Gasteiger partial charge on any atom is -0.346 e. The fourth-order valence-electron chi connectivity index (χ4n) is 4.30. The number of aromatic nitrogens is 3. The lowest BCUT2D eigenvalue weighted by molar-refractivity contribution is -0.136. The van der Waals surface area contributed by atoms with Crippen molar-refractivity contribution in [3.63, 3.8) is 0 Å². The Balaban J connectivity index is 1.41. The quantitative estimate of drug-likeness (QED) is 0.896. The fourth-order valence-corrected chi connectivity index (χ4v) is 4.30. The zero-order valence-electron chi connectivity index (χ0n) is 15.7. The van der Waals surface area contributed by atoms with E-state index in [0.29, 0.717) is 12.5 Å². The van der Waals surface area contributed by atoms with Crippen LogP contribution in [0.25, 0.3) is 0 Å². The summed E-state index contributed by atoms with van der Waals surface area (Å²) in [6.45, 7) is 8.31. The third-order valence-electron chi connectivity index (χ3n) is 5.86. The molecule has 6 nitrogen and oxygen atoms in total. The molecule has 0 bridgehead atoms. The standard InChI is InChI=1S/C20H27N5O/c1-3-18-22-15(2)17(23-18)13-24-10-7-20(14-24)8-11-25(19(20)26)12-16-6-4-5-9-21-16/h4-6,9H,3,7-8,10-14H2,1-2H3,(H,22,23). The maximum atomic E-state index is 13.1. The molecule has 1 amide bonds. The van der Waals surface area contributed by atoms with Gasteiger partial charge in [0.05, 0.1) is 23.3 Å². The van der Waals surface area contributed by atoms with Gasteiger partial charge in [-0.1, -0.05) is 13.0 Å². The molecule has 2 aromatic heterocycles. The van der Waals surface area contributed by atoms with Crippen LogP contribution >= 0.6 is 0 Å². The van der Waals surface area contributed by atoms with Crippen molar-refractivity contribution < 1.29 is 4.79 Å². The number of imidazole rings is 1. The summed E-state index contributed by atoms with van der Waals surface area (Å²) in [6, 6.07) is 5.88. The summed E-state index contributed by atoms with van der Waals surface area (Å²) < 4.78 is 0. The number of carbonyl (C=O) groups is 1. The third kappa shape index (κ3) is 3.14. The summed E-state index contributed by atoms with van der Waals surface area (Å²) in [6.07, 6.45) is 4.62. The van der Waals surface area contributed by atoms with E-state index in [0.717, 1.165) is 68.3 Å². The number of nitrogens with zero attached hydrogens (tertiary/aromatic N) is 4. The fraction of sp³-hybridized carbons (Fsp3) is 0.550. The van der Waals surface area contributed by atoms with E-state index >= 15 is 0 Å². The van der Waals surface area contributed by atoms with Crippen molar-refractivity contribution in [3.8, 4) is 0 Å². The molecule has 1 spiro atoms. The normalized spacial score (nSPS) is 23.5. The monoisotopic (exact) mass is 353 g/mol. The second kappa shape index (κ2) is 6.83. The lowest BCUT2D eigenvalue weighted by Gasteiger charge is -2.23. The van der Waals surface area contributed by atoms with E-state index in [1.807, 2.05) is 23.1 Å². The van der Waals surface area contributed by atoms with Crippen LogP contribution in [0.5, 0.6) is 0 Å². The van der Waals surface area contributed by atoms with Crippen molar-refractivity contribution in [1.82, 2.24) is 24.8 Å². The molecule has 0 radical (unpaired) electrons. The Bertz CT molecular complexity index is 787. The molecule has 2 saturated heterocycles. The van der Waals surface area contributed by atoms with Crippen molar-refractivity contribution in [2.24, 2.45) is 5.41 Å². The molecular formula is C20H27N5O. The predicted molar refractivity (Wildman–Crippen MR) is 99.3 cm³/mol. The minimum absolute atomic E-state index is 0.202. The van der Waals surface area contributed by atoms with Gasteiger partial charge in [-0.05, 0) is 38.4 Å². The van der Waals surface area contributed by atoms with Crippen LogP contribution in [-0.4, -0.2) is 50.3 Å². The summed E-state index contributed by atoms with van der Waals surface area (Å²) in [4.78, 5) is 29.9. The summed E-state index contributed by atoms with van der Waals surface area (Å²) in [5.41, 5.74) is 3.03. The molecule has 6 heteroatoms. The summed E-state index contributed by atoms with van der Waals surface area (Å²) in [5.74, 6) is 1.35. The molecule has 2 aliphatic heterocycles. The highest BCUT2D eigenvalue weighted by Gasteiger charge is 2.50. The molecular weight excluding hydrogens is 326 g/mol. The highest BCUT2D eigenvalue weighted by molar-refractivity contribution is 5.85. The van der Waals surface area contributed by atoms with E-state index in [1.165, 1.54) is 0 Å². The lowest BCUT2D eigenvalue weighted by Crippen LogP contribution is -2.36. The molecule has 2 fully saturated rings. The number of hydrogen-bond donors (Lipinski definition) is 1. The second-order valence-corrected chi connectivity index (χ2v) is 7.65. The van der Waals surface area contributed by atoms with E-state index in [-0.39, 0.29) is 5.41 Å². The van der Waals surface area contributed by atoms with Gasteiger partial charge >= 0.3 is 0 Å². The molecule has 2 aliphatic rings. The molecule has 0 aliphatic carbocycles. The highest BCUT2D eigenvalue weighted by Crippen LogP contribution is 2.41. The van der Waals surface area contributed by atoms with Gasteiger partial charge in [0, 0.05) is 37.9 Å². The molecule has 1 unspecified atom stereocenters. The summed E-state index contributed by atoms with van der Waals surface area (Å²) >= 11 is 0. The Kier molecular flexibility index (Phi) is 4.53. The first-order valence-corrected chi connectivity index (χ1v) is 9.55. The Morgan fingerprint density at radius 3 is 2.81 bits per heavy atom. The number of nitrogens with one attached hydrogen (secondary N) is 1. The van der Waals surface area contributed by atoms with E-state index in [4.69, 9.17) is 4.98 Å². The van der Waals surface area contributed by atoms with Crippen molar-refractivity contribution >= 4 is 5.91 Å². The van der Waals surface area contributed by atoms with Gasteiger partial charge in [-0.15, -0.1) is 0 Å². The number of H-pyrrole nitrogens is 1. The second-order valence-electron chi connectivity index (χ2n) is 7.65. The van der Waals surface area contributed by atoms with Crippen LogP contribution in [0, 0.1) is 12.3 Å². The largest absolute Gasteiger partial charge is 0.346 e. The van der Waals surface area contributed by atoms with Gasteiger partial charge in [0.2, 0.25) is 5.91 Å². The van der Waals surface area contributed by atoms with Crippen LogP contribution in [0.3, 0.4) is 0 Å². The smallest absolute Gasteiger partial charge is 0.230 e. The maximum Gasteiger partial charge on any atom is 0.230 e. The Morgan fingerprint density at radius 2 is 2.08 bits per heavy atom. The first kappa shape index (κ1) is 17.2. The van der Waals surface area contributed by atoms with Gasteiger partial charge in [0.15, 0.2) is 0 Å². The Hall–Kier alpha value is -2.21. The van der Waals surface area contributed by atoms with Gasteiger partial charge in [0.25, 0.3) is 0 Å².